The maximum absolute atomic E-state index is 12.0. The molecule has 0 radical (unpaired) electrons. The first-order valence-electron chi connectivity index (χ1n) is 12.4. The number of benzene rings is 1. The highest BCUT2D eigenvalue weighted by Gasteiger charge is 2.27. The molecule has 0 bridgehead atoms. The third kappa shape index (κ3) is 5.71. The van der Waals surface area contributed by atoms with Gasteiger partial charge in [-0.1, -0.05) is 17.7 Å². The van der Waals surface area contributed by atoms with E-state index in [2.05, 4.69) is 5.10 Å². The fourth-order valence-corrected chi connectivity index (χ4v) is 6.34. The topological polar surface area (TPSA) is 96.3 Å². The Morgan fingerprint density at radius 2 is 1.87 bits per heavy atom. The lowest BCUT2D eigenvalue weighted by Crippen LogP contribution is -2.10. The Hall–Kier alpha value is -2.50. The van der Waals surface area contributed by atoms with Crippen LogP contribution in [0.4, 0.5) is 0 Å². The molecule has 1 unspecified atom stereocenters. The summed E-state index contributed by atoms with van der Waals surface area (Å²) in [6, 6.07) is 5.80. The van der Waals surface area contributed by atoms with E-state index in [4.69, 9.17) is 37.8 Å². The summed E-state index contributed by atoms with van der Waals surface area (Å²) in [5, 5.41) is 21.6. The number of thioether (sulfide) groups is 1. The molecule has 210 valence electrons. The highest BCUT2D eigenvalue weighted by molar-refractivity contribution is 7.97. The van der Waals surface area contributed by atoms with E-state index < -0.39 is 6.29 Å². The summed E-state index contributed by atoms with van der Waals surface area (Å²) in [4.78, 5) is 12.0. The molecule has 0 aliphatic carbocycles. The summed E-state index contributed by atoms with van der Waals surface area (Å²) in [6.45, 7) is 2.02. The molecule has 0 saturated heterocycles. The van der Waals surface area contributed by atoms with Gasteiger partial charge in [0, 0.05) is 68.4 Å². The molecule has 0 saturated carbocycles. The van der Waals surface area contributed by atoms with Gasteiger partial charge in [0.05, 0.1) is 46.3 Å². The summed E-state index contributed by atoms with van der Waals surface area (Å²) >= 11 is 14.6. The van der Waals surface area contributed by atoms with Gasteiger partial charge in [-0.25, -0.2) is 0 Å². The molecule has 0 amide bonds. The van der Waals surface area contributed by atoms with E-state index in [0.717, 1.165) is 50.4 Å². The van der Waals surface area contributed by atoms with Crippen molar-refractivity contribution in [1.29, 1.82) is 0 Å². The summed E-state index contributed by atoms with van der Waals surface area (Å²) in [5.41, 5.74) is 7.80. The molecule has 0 fully saturated rings. The van der Waals surface area contributed by atoms with Crippen molar-refractivity contribution in [2.75, 3.05) is 14.2 Å². The number of halogens is 2. The van der Waals surface area contributed by atoms with Crippen LogP contribution in [0.5, 0.6) is 0 Å². The number of hydrogen-bond acceptors (Lipinski definition) is 7. The molecule has 39 heavy (non-hydrogen) atoms. The van der Waals surface area contributed by atoms with Gasteiger partial charge in [0.25, 0.3) is 0 Å². The Bertz CT molecular complexity index is 1510. The SMILES string of the molecule is COC(=O)CCc1c(C(O)OC)n(C)c2c(-c3c(CSCc4cc(CCl)n(C)n4)nn(C)c3C)c(Cl)ccc12. The average Bonchev–Trinajstić information content (AvgIpc) is 3.52. The summed E-state index contributed by atoms with van der Waals surface area (Å²) in [7, 11) is 8.49. The van der Waals surface area contributed by atoms with Gasteiger partial charge in [0.1, 0.15) is 0 Å². The predicted octanol–water partition coefficient (Wildman–Crippen LogP) is 5.19. The minimum atomic E-state index is -1.18. The molecular weight excluding hydrogens is 561 g/mol. The van der Waals surface area contributed by atoms with Crippen molar-refractivity contribution in [3.63, 3.8) is 0 Å². The number of aliphatic hydroxyl groups excluding tert-OH is 1. The number of methoxy groups -OCH3 is 2. The minimum Gasteiger partial charge on any atom is -0.469 e. The molecule has 12 heteroatoms. The smallest absolute Gasteiger partial charge is 0.305 e. The van der Waals surface area contributed by atoms with Crippen molar-refractivity contribution in [3.05, 3.63) is 57.3 Å². The fraction of sp³-hybridized carbons (Fsp3) is 0.444. The number of fused-ring (bicyclic) bond motifs is 1. The Labute approximate surface area is 242 Å². The maximum Gasteiger partial charge on any atom is 0.305 e. The van der Waals surface area contributed by atoms with Crippen molar-refractivity contribution in [1.82, 2.24) is 24.1 Å². The van der Waals surface area contributed by atoms with Crippen molar-refractivity contribution in [2.45, 2.75) is 43.4 Å². The number of carbonyl (C=O) groups excluding carboxylic acids is 1. The zero-order valence-electron chi connectivity index (χ0n) is 22.9. The second-order valence-electron chi connectivity index (χ2n) is 9.31. The highest BCUT2D eigenvalue weighted by atomic mass is 35.5. The van der Waals surface area contributed by atoms with Crippen molar-refractivity contribution >= 4 is 51.8 Å². The van der Waals surface area contributed by atoms with Gasteiger partial charge in [-0.15, -0.1) is 23.4 Å². The highest BCUT2D eigenvalue weighted by Crippen LogP contribution is 2.43. The Morgan fingerprint density at radius 3 is 2.51 bits per heavy atom. The molecule has 1 atom stereocenters. The standard InChI is InChI=1S/C27H33Cl2N5O4S/c1-15-23(21(31-33(15)3)14-39-13-16-11-17(12-28)34(4)30-16)24-20(29)9-7-18-19(8-10-22(35)37-5)26(27(36)38-6)32(2)25(18)24/h7,9,11,27,36H,8,10,12-14H2,1-6H3. The molecule has 0 aliphatic heterocycles. The van der Waals surface area contributed by atoms with Crippen LogP contribution in [-0.2, 0) is 59.2 Å². The largest absolute Gasteiger partial charge is 0.469 e. The zero-order chi connectivity index (χ0) is 28.4. The fourth-order valence-electron chi connectivity index (χ4n) is 5.00. The Balaban J connectivity index is 1.80. The van der Waals surface area contributed by atoms with Crippen LogP contribution in [0.2, 0.25) is 5.02 Å². The molecule has 3 heterocycles. The number of aryl methyl sites for hydroxylation is 4. The van der Waals surface area contributed by atoms with E-state index >= 15 is 0 Å². The molecule has 3 aromatic heterocycles. The van der Waals surface area contributed by atoms with Crippen molar-refractivity contribution in [3.8, 4) is 11.1 Å². The first kappa shape index (κ1) is 29.5. The van der Waals surface area contributed by atoms with Gasteiger partial charge in [-0.05, 0) is 31.0 Å². The third-order valence-corrected chi connectivity index (χ3v) is 8.60. The molecule has 0 aliphatic rings. The predicted molar refractivity (Wildman–Crippen MR) is 155 cm³/mol. The Kier molecular flexibility index (Phi) is 9.33. The van der Waals surface area contributed by atoms with E-state index in [0.29, 0.717) is 34.5 Å². The van der Waals surface area contributed by atoms with E-state index in [-0.39, 0.29) is 12.4 Å². The number of esters is 1. The summed E-state index contributed by atoms with van der Waals surface area (Å²) < 4.78 is 15.7. The van der Waals surface area contributed by atoms with Crippen LogP contribution < -0.4 is 0 Å². The van der Waals surface area contributed by atoms with Gasteiger partial charge in [0.2, 0.25) is 0 Å². The van der Waals surface area contributed by atoms with E-state index in [1.165, 1.54) is 14.2 Å². The number of aromatic nitrogens is 5. The van der Waals surface area contributed by atoms with Crippen LogP contribution in [0.1, 0.15) is 46.7 Å². The summed E-state index contributed by atoms with van der Waals surface area (Å²) in [6.07, 6.45) is -0.629. The lowest BCUT2D eigenvalue weighted by molar-refractivity contribution is -0.140. The average molecular weight is 595 g/mol. The lowest BCUT2D eigenvalue weighted by Gasteiger charge is -2.14. The minimum absolute atomic E-state index is 0.170. The second-order valence-corrected chi connectivity index (χ2v) is 11.0. The second kappa shape index (κ2) is 12.3. The van der Waals surface area contributed by atoms with Crippen LogP contribution in [0.25, 0.3) is 22.0 Å². The number of alkyl halides is 1. The van der Waals surface area contributed by atoms with Crippen molar-refractivity contribution < 1.29 is 19.4 Å². The number of ether oxygens (including phenoxy) is 2. The van der Waals surface area contributed by atoms with Gasteiger partial charge in [-0.3, -0.25) is 14.2 Å². The Morgan fingerprint density at radius 1 is 1.13 bits per heavy atom. The number of hydrogen-bond donors (Lipinski definition) is 1. The van der Waals surface area contributed by atoms with Gasteiger partial charge < -0.3 is 19.1 Å². The van der Waals surface area contributed by atoms with Crippen molar-refractivity contribution in [2.24, 2.45) is 21.1 Å². The maximum atomic E-state index is 12.0. The molecule has 4 rings (SSSR count). The monoisotopic (exact) mass is 593 g/mol. The van der Waals surface area contributed by atoms with Crippen LogP contribution >= 0.6 is 35.0 Å². The first-order chi connectivity index (χ1) is 18.6. The molecule has 1 N–H and O–H groups in total. The van der Waals surface area contributed by atoms with Gasteiger partial charge in [0.15, 0.2) is 6.29 Å². The van der Waals surface area contributed by atoms with Crippen LogP contribution in [-0.4, -0.2) is 49.4 Å². The number of carbonyl (C=O) groups is 1. The normalized spacial score (nSPS) is 12.4. The molecule has 0 spiro atoms. The third-order valence-electron chi connectivity index (χ3n) is 7.03. The quantitative estimate of drug-likeness (QED) is 0.145. The molecule has 4 aromatic rings. The zero-order valence-corrected chi connectivity index (χ0v) is 25.2. The number of aliphatic hydroxyl groups is 1. The van der Waals surface area contributed by atoms with E-state index in [1.54, 1.807) is 16.4 Å². The number of rotatable bonds is 11. The summed E-state index contributed by atoms with van der Waals surface area (Å²) in [5.74, 6) is 1.44. The van der Waals surface area contributed by atoms with Crippen LogP contribution in [0, 0.1) is 6.92 Å². The lowest BCUT2D eigenvalue weighted by atomic mass is 9.98. The van der Waals surface area contributed by atoms with Gasteiger partial charge in [-0.2, -0.15) is 10.2 Å². The van der Waals surface area contributed by atoms with E-state index in [1.807, 2.05) is 55.5 Å². The van der Waals surface area contributed by atoms with E-state index in [9.17, 15) is 9.90 Å². The van der Waals surface area contributed by atoms with Crippen LogP contribution in [0.15, 0.2) is 18.2 Å². The van der Waals surface area contributed by atoms with Gasteiger partial charge >= 0.3 is 5.97 Å². The molecule has 1 aromatic carbocycles. The molecular formula is C27H33Cl2N5O4S. The molecule has 9 nitrogen and oxygen atoms in total. The number of nitrogens with zero attached hydrogens (tertiary/aromatic N) is 5. The van der Waals surface area contributed by atoms with Crippen LogP contribution in [0.3, 0.4) is 0 Å². The first-order valence-corrected chi connectivity index (χ1v) is 14.4.